The average molecular weight is 460 g/mol. The highest BCUT2D eigenvalue weighted by Crippen LogP contribution is 2.30. The maximum absolute atomic E-state index is 13.8. The normalized spacial score (nSPS) is 15.4. The molecule has 2 N–H and O–H groups in total. The molecule has 0 saturated heterocycles. The zero-order chi connectivity index (χ0) is 20.4. The number of fused-ring (bicyclic) bond motifs is 1. The van der Waals surface area contributed by atoms with Gasteiger partial charge in [0, 0.05) is 4.47 Å². The summed E-state index contributed by atoms with van der Waals surface area (Å²) in [5.41, 5.74) is 0.867. The first kappa shape index (κ1) is 19.1. The van der Waals surface area contributed by atoms with Crippen molar-refractivity contribution in [1.82, 2.24) is 14.8 Å². The Labute approximate surface area is 173 Å². The van der Waals surface area contributed by atoms with Crippen LogP contribution in [0.25, 0.3) is 0 Å². The van der Waals surface area contributed by atoms with Gasteiger partial charge >= 0.3 is 0 Å². The molecule has 10 heteroatoms. The van der Waals surface area contributed by atoms with E-state index < -0.39 is 11.7 Å². The molecule has 1 aliphatic rings. The largest absolute Gasteiger partial charge is 0.484 e. The Morgan fingerprint density at radius 3 is 3.03 bits per heavy atom. The Bertz CT molecular complexity index is 1090. The number of anilines is 2. The lowest BCUT2D eigenvalue weighted by Gasteiger charge is -2.24. The van der Waals surface area contributed by atoms with Gasteiger partial charge in [-0.3, -0.25) is 14.9 Å². The summed E-state index contributed by atoms with van der Waals surface area (Å²) in [6.07, 6.45) is 1.59. The van der Waals surface area contributed by atoms with Gasteiger partial charge in [-0.2, -0.15) is 10.1 Å². The number of hydrogen-bond donors (Lipinski definition) is 2. The molecule has 0 aliphatic carbocycles. The number of hydrogen-bond acceptors (Lipinski definition) is 5. The van der Waals surface area contributed by atoms with Gasteiger partial charge in [0.15, 0.2) is 6.61 Å². The minimum absolute atomic E-state index is 0.0717. The SMILES string of the molecule is O=C(COc1cccc([C@H]2CC(=O)Nc3ncnn32)c1)Nc1ccc(Br)cc1F. The summed E-state index contributed by atoms with van der Waals surface area (Å²) in [4.78, 5) is 28.0. The van der Waals surface area contributed by atoms with Crippen molar-refractivity contribution < 1.29 is 18.7 Å². The molecular weight excluding hydrogens is 445 g/mol. The molecule has 0 saturated carbocycles. The molecule has 2 heterocycles. The van der Waals surface area contributed by atoms with Gasteiger partial charge < -0.3 is 10.1 Å². The van der Waals surface area contributed by atoms with Crippen LogP contribution < -0.4 is 15.4 Å². The third-order valence-electron chi connectivity index (χ3n) is 4.32. The Morgan fingerprint density at radius 2 is 2.21 bits per heavy atom. The summed E-state index contributed by atoms with van der Waals surface area (Å²) < 4.78 is 21.6. The second-order valence-corrected chi connectivity index (χ2v) is 7.25. The van der Waals surface area contributed by atoms with E-state index in [1.54, 1.807) is 28.9 Å². The molecule has 29 heavy (non-hydrogen) atoms. The van der Waals surface area contributed by atoms with Crippen molar-refractivity contribution >= 4 is 39.4 Å². The topological polar surface area (TPSA) is 98.1 Å². The van der Waals surface area contributed by atoms with Crippen molar-refractivity contribution in [1.29, 1.82) is 0 Å². The number of nitrogens with zero attached hydrogens (tertiary/aromatic N) is 3. The first-order chi connectivity index (χ1) is 14.0. The van der Waals surface area contributed by atoms with Gasteiger partial charge in [0.2, 0.25) is 11.9 Å². The maximum Gasteiger partial charge on any atom is 0.262 e. The number of nitrogens with one attached hydrogen (secondary N) is 2. The van der Waals surface area contributed by atoms with Gasteiger partial charge in [-0.05, 0) is 35.9 Å². The average Bonchev–Trinajstić information content (AvgIpc) is 3.16. The second kappa shape index (κ2) is 8.00. The van der Waals surface area contributed by atoms with E-state index in [1.807, 2.05) is 6.07 Å². The molecular formula is C19H15BrFN5O3. The molecule has 1 atom stereocenters. The van der Waals surface area contributed by atoms with Crippen LogP contribution in [0.1, 0.15) is 18.0 Å². The minimum atomic E-state index is -0.547. The Kier molecular flexibility index (Phi) is 5.26. The standard InChI is InChI=1S/C19H15BrFN5O3/c20-12-4-5-15(14(21)7-12)24-18(28)9-29-13-3-1-2-11(6-13)16-8-17(27)25-19-22-10-23-26(16)19/h1-7,10,16H,8-9H2,(H,24,28)(H,22,23,25,27)/t16-/m1/s1. The highest BCUT2D eigenvalue weighted by atomic mass is 79.9. The van der Waals surface area contributed by atoms with Crippen LogP contribution in [0.5, 0.6) is 5.75 Å². The van der Waals surface area contributed by atoms with Gasteiger partial charge in [0.25, 0.3) is 5.91 Å². The Balaban J connectivity index is 1.43. The fraction of sp³-hybridized carbons (Fsp3) is 0.158. The fourth-order valence-corrected chi connectivity index (χ4v) is 3.34. The van der Waals surface area contributed by atoms with E-state index >= 15 is 0 Å². The predicted octanol–water partition coefficient (Wildman–Crippen LogP) is 3.13. The third-order valence-corrected chi connectivity index (χ3v) is 4.81. The van der Waals surface area contributed by atoms with Crippen LogP contribution in [0.15, 0.2) is 53.3 Å². The highest BCUT2D eigenvalue weighted by Gasteiger charge is 2.27. The monoisotopic (exact) mass is 459 g/mol. The van der Waals surface area contributed by atoms with Crippen LogP contribution in [-0.4, -0.2) is 33.2 Å². The summed E-state index contributed by atoms with van der Waals surface area (Å²) in [5.74, 6) is -0.367. The zero-order valence-corrected chi connectivity index (χ0v) is 16.5. The fourth-order valence-electron chi connectivity index (χ4n) is 3.00. The number of halogens is 2. The number of amides is 2. The number of benzene rings is 2. The van der Waals surface area contributed by atoms with Crippen molar-refractivity contribution in [2.75, 3.05) is 17.2 Å². The van der Waals surface area contributed by atoms with Crippen LogP contribution in [0.2, 0.25) is 0 Å². The molecule has 0 radical (unpaired) electrons. The zero-order valence-electron chi connectivity index (χ0n) is 14.9. The summed E-state index contributed by atoms with van der Waals surface area (Å²) in [5, 5.41) is 9.29. The molecule has 8 nitrogen and oxygen atoms in total. The van der Waals surface area contributed by atoms with Gasteiger partial charge in [0.05, 0.1) is 18.2 Å². The molecule has 4 rings (SSSR count). The number of carbonyl (C=O) groups excluding carboxylic acids is 2. The minimum Gasteiger partial charge on any atom is -0.484 e. The number of ether oxygens (including phenoxy) is 1. The lowest BCUT2D eigenvalue weighted by molar-refractivity contribution is -0.118. The quantitative estimate of drug-likeness (QED) is 0.610. The van der Waals surface area contributed by atoms with Gasteiger partial charge in [-0.1, -0.05) is 28.1 Å². The molecule has 3 aromatic rings. The van der Waals surface area contributed by atoms with Crippen LogP contribution >= 0.6 is 15.9 Å². The van der Waals surface area contributed by atoms with E-state index in [1.165, 1.54) is 18.5 Å². The summed E-state index contributed by atoms with van der Waals surface area (Å²) >= 11 is 3.16. The number of aromatic nitrogens is 3. The van der Waals surface area contributed by atoms with E-state index in [0.717, 1.165) is 5.56 Å². The lowest BCUT2D eigenvalue weighted by Crippen LogP contribution is -2.29. The van der Waals surface area contributed by atoms with Gasteiger partial charge in [0.1, 0.15) is 17.9 Å². The van der Waals surface area contributed by atoms with Crippen molar-refractivity contribution in [3.05, 3.63) is 64.6 Å². The molecule has 148 valence electrons. The Morgan fingerprint density at radius 1 is 1.34 bits per heavy atom. The summed E-state index contributed by atoms with van der Waals surface area (Å²) in [6.45, 7) is -0.293. The molecule has 2 aromatic carbocycles. The molecule has 0 bridgehead atoms. The summed E-state index contributed by atoms with van der Waals surface area (Å²) in [6, 6.07) is 11.1. The van der Waals surface area contributed by atoms with Crippen LogP contribution in [0.3, 0.4) is 0 Å². The van der Waals surface area contributed by atoms with Crippen molar-refractivity contribution in [2.24, 2.45) is 0 Å². The van der Waals surface area contributed by atoms with Gasteiger partial charge in [-0.25, -0.2) is 9.07 Å². The predicted molar refractivity (Wildman–Crippen MR) is 106 cm³/mol. The number of rotatable bonds is 5. The van der Waals surface area contributed by atoms with E-state index in [4.69, 9.17) is 4.74 Å². The van der Waals surface area contributed by atoms with Crippen LogP contribution in [0, 0.1) is 5.82 Å². The lowest BCUT2D eigenvalue weighted by atomic mass is 10.0. The molecule has 0 spiro atoms. The van der Waals surface area contributed by atoms with Crippen molar-refractivity contribution in [2.45, 2.75) is 12.5 Å². The molecule has 2 amide bonds. The molecule has 1 aliphatic heterocycles. The maximum atomic E-state index is 13.8. The van der Waals surface area contributed by atoms with E-state index in [0.29, 0.717) is 16.2 Å². The van der Waals surface area contributed by atoms with Gasteiger partial charge in [-0.15, -0.1) is 0 Å². The van der Waals surface area contributed by atoms with Crippen molar-refractivity contribution in [3.8, 4) is 5.75 Å². The Hall–Kier alpha value is -3.27. The molecule has 0 fully saturated rings. The summed E-state index contributed by atoms with van der Waals surface area (Å²) in [7, 11) is 0. The van der Waals surface area contributed by atoms with E-state index in [9.17, 15) is 14.0 Å². The van der Waals surface area contributed by atoms with E-state index in [2.05, 4.69) is 36.6 Å². The van der Waals surface area contributed by atoms with Crippen molar-refractivity contribution in [3.63, 3.8) is 0 Å². The smallest absolute Gasteiger partial charge is 0.262 e. The first-order valence-corrected chi connectivity index (χ1v) is 9.46. The highest BCUT2D eigenvalue weighted by molar-refractivity contribution is 9.10. The van der Waals surface area contributed by atoms with Crippen LogP contribution in [-0.2, 0) is 9.59 Å². The third kappa shape index (κ3) is 4.27. The second-order valence-electron chi connectivity index (χ2n) is 6.33. The first-order valence-electron chi connectivity index (χ1n) is 8.66. The van der Waals surface area contributed by atoms with E-state index in [-0.39, 0.29) is 30.7 Å². The molecule has 0 unspecified atom stereocenters. The number of carbonyl (C=O) groups is 2. The van der Waals surface area contributed by atoms with Crippen LogP contribution in [0.4, 0.5) is 16.0 Å². The molecule has 1 aromatic heterocycles.